The van der Waals surface area contributed by atoms with Gasteiger partial charge in [0.1, 0.15) is 5.78 Å². The van der Waals surface area contributed by atoms with Gasteiger partial charge in [0.05, 0.1) is 0 Å². The zero-order valence-corrected chi connectivity index (χ0v) is 8.24. The van der Waals surface area contributed by atoms with Gasteiger partial charge in [-0.1, -0.05) is 13.8 Å². The largest absolute Gasteiger partial charge is 0.343 e. The first-order valence-corrected chi connectivity index (χ1v) is 5.49. The van der Waals surface area contributed by atoms with Crippen LogP contribution in [0, 0.1) is 5.92 Å². The van der Waals surface area contributed by atoms with Crippen molar-refractivity contribution in [3.05, 3.63) is 0 Å². The number of rotatable bonds is 4. The van der Waals surface area contributed by atoms with Gasteiger partial charge in [0, 0.05) is 6.04 Å². The predicted octanol–water partition coefficient (Wildman–Crippen LogP) is -0.178. The lowest BCUT2D eigenvalue weighted by atomic mass is 10.0. The van der Waals surface area contributed by atoms with Crippen LogP contribution in [-0.2, 0) is 4.57 Å². The Hall–Kier alpha value is 0.0700. The monoisotopic (exact) mass is 196 g/mol. The highest BCUT2D eigenvalue weighted by molar-refractivity contribution is 7.52. The number of hydrogen-bond donors (Lipinski definition) is 4. The highest BCUT2D eigenvalue weighted by Gasteiger charge is 2.30. The van der Waals surface area contributed by atoms with Gasteiger partial charge < -0.3 is 21.3 Å². The highest BCUT2D eigenvalue weighted by Crippen LogP contribution is 2.40. The molecule has 0 rings (SSSR count). The Kier molecular flexibility index (Phi) is 4.37. The second-order valence-electron chi connectivity index (χ2n) is 3.37. The molecule has 12 heavy (non-hydrogen) atoms. The minimum atomic E-state index is -4.22. The summed E-state index contributed by atoms with van der Waals surface area (Å²) >= 11 is 0. The van der Waals surface area contributed by atoms with Crippen LogP contribution < -0.4 is 11.5 Å². The van der Waals surface area contributed by atoms with Gasteiger partial charge in [-0.05, 0) is 12.3 Å². The molecule has 2 atom stereocenters. The fourth-order valence-corrected chi connectivity index (χ4v) is 1.55. The quantitative estimate of drug-likeness (QED) is 0.466. The topological polar surface area (TPSA) is 110 Å². The summed E-state index contributed by atoms with van der Waals surface area (Å²) in [6, 6.07) is -0.633. The van der Waals surface area contributed by atoms with E-state index in [1.54, 1.807) is 0 Å². The Labute approximate surface area is 72.3 Å². The third kappa shape index (κ3) is 4.18. The summed E-state index contributed by atoms with van der Waals surface area (Å²) in [4.78, 5) is 17.4. The third-order valence-electron chi connectivity index (χ3n) is 1.57. The van der Waals surface area contributed by atoms with Crippen LogP contribution in [0.4, 0.5) is 0 Å². The molecule has 5 nitrogen and oxygen atoms in total. The van der Waals surface area contributed by atoms with Crippen molar-refractivity contribution in [3.63, 3.8) is 0 Å². The van der Waals surface area contributed by atoms with E-state index in [2.05, 4.69) is 0 Å². The van der Waals surface area contributed by atoms with E-state index in [-0.39, 0.29) is 5.92 Å². The van der Waals surface area contributed by atoms with Gasteiger partial charge in [-0.15, -0.1) is 0 Å². The van der Waals surface area contributed by atoms with Gasteiger partial charge in [-0.3, -0.25) is 4.57 Å². The van der Waals surface area contributed by atoms with Gasteiger partial charge in [0.25, 0.3) is 0 Å². The van der Waals surface area contributed by atoms with Crippen molar-refractivity contribution in [1.29, 1.82) is 0 Å². The summed E-state index contributed by atoms with van der Waals surface area (Å²) in [7, 11) is -4.22. The molecule has 0 aromatic heterocycles. The second-order valence-corrected chi connectivity index (χ2v) is 5.15. The SMILES string of the molecule is CC(C)C[C@H](N)[C@@H](N)P(=O)(O)O. The maximum atomic E-state index is 10.6. The fraction of sp³-hybridized carbons (Fsp3) is 1.00. The molecule has 0 aliphatic carbocycles. The molecule has 74 valence electrons. The van der Waals surface area contributed by atoms with E-state index in [1.165, 1.54) is 0 Å². The van der Waals surface area contributed by atoms with Gasteiger partial charge in [-0.25, -0.2) is 0 Å². The zero-order valence-electron chi connectivity index (χ0n) is 7.34. The molecular formula is C6H17N2O3P. The van der Waals surface area contributed by atoms with Crippen molar-refractivity contribution >= 4 is 7.60 Å². The lowest BCUT2D eigenvalue weighted by molar-refractivity contribution is 0.340. The van der Waals surface area contributed by atoms with Crippen LogP contribution >= 0.6 is 7.60 Å². The van der Waals surface area contributed by atoms with Crippen molar-refractivity contribution in [2.75, 3.05) is 0 Å². The number of nitrogens with two attached hydrogens (primary N) is 2. The molecular weight excluding hydrogens is 179 g/mol. The number of hydrogen-bond acceptors (Lipinski definition) is 3. The summed E-state index contributed by atoms with van der Waals surface area (Å²) in [5.74, 6) is -0.947. The molecule has 0 radical (unpaired) electrons. The van der Waals surface area contributed by atoms with Crippen LogP contribution in [0.3, 0.4) is 0 Å². The molecule has 0 spiro atoms. The molecule has 0 aromatic rings. The Morgan fingerprint density at radius 1 is 1.33 bits per heavy atom. The van der Waals surface area contributed by atoms with Crippen LogP contribution in [0.15, 0.2) is 0 Å². The zero-order chi connectivity index (χ0) is 9.94. The average molecular weight is 196 g/mol. The minimum absolute atomic E-state index is 0.289. The molecule has 0 aromatic carbocycles. The van der Waals surface area contributed by atoms with Gasteiger partial charge in [0.15, 0.2) is 0 Å². The summed E-state index contributed by atoms with van der Waals surface area (Å²) in [6.45, 7) is 3.85. The summed E-state index contributed by atoms with van der Waals surface area (Å²) in [5, 5.41) is 0. The van der Waals surface area contributed by atoms with E-state index in [0.717, 1.165) is 0 Å². The van der Waals surface area contributed by atoms with Gasteiger partial charge >= 0.3 is 7.60 Å². The van der Waals surface area contributed by atoms with Gasteiger partial charge in [0.2, 0.25) is 0 Å². The van der Waals surface area contributed by atoms with E-state index in [4.69, 9.17) is 21.3 Å². The Balaban J connectivity index is 4.11. The van der Waals surface area contributed by atoms with E-state index >= 15 is 0 Å². The Bertz CT molecular complexity index is 180. The van der Waals surface area contributed by atoms with Crippen molar-refractivity contribution in [2.24, 2.45) is 17.4 Å². The van der Waals surface area contributed by atoms with Crippen LogP contribution in [0.1, 0.15) is 20.3 Å². The second kappa shape index (κ2) is 4.35. The van der Waals surface area contributed by atoms with E-state index in [1.807, 2.05) is 13.8 Å². The van der Waals surface area contributed by atoms with Crippen LogP contribution in [0.5, 0.6) is 0 Å². The van der Waals surface area contributed by atoms with Crippen molar-refractivity contribution in [2.45, 2.75) is 32.1 Å². The summed E-state index contributed by atoms with van der Waals surface area (Å²) in [6.07, 6.45) is 0.520. The van der Waals surface area contributed by atoms with E-state index in [0.29, 0.717) is 6.42 Å². The molecule has 0 fully saturated rings. The molecule has 0 heterocycles. The maximum Gasteiger partial charge on any atom is 0.343 e. The van der Waals surface area contributed by atoms with Crippen LogP contribution in [0.2, 0.25) is 0 Å². The standard InChI is InChI=1S/C6H17N2O3P/c1-4(2)3-5(7)6(8)12(9,10)11/h4-6H,3,7-8H2,1-2H3,(H2,9,10,11)/t5-,6-/m0/s1. The Morgan fingerprint density at radius 3 is 2.00 bits per heavy atom. The fourth-order valence-electron chi connectivity index (χ4n) is 0.933. The van der Waals surface area contributed by atoms with Crippen LogP contribution in [0.25, 0.3) is 0 Å². The summed E-state index contributed by atoms with van der Waals surface area (Å²) in [5.41, 5.74) is 10.7. The van der Waals surface area contributed by atoms with E-state index < -0.39 is 19.4 Å². The summed E-state index contributed by atoms with van der Waals surface area (Å²) < 4.78 is 10.6. The average Bonchev–Trinajstić information content (AvgIpc) is 1.82. The molecule has 0 saturated heterocycles. The van der Waals surface area contributed by atoms with Crippen molar-refractivity contribution in [1.82, 2.24) is 0 Å². The third-order valence-corrected chi connectivity index (χ3v) is 2.73. The molecule has 0 amide bonds. The molecule has 0 aliphatic rings. The smallest absolute Gasteiger partial charge is 0.326 e. The first-order valence-electron chi connectivity index (χ1n) is 3.81. The maximum absolute atomic E-state index is 10.6. The van der Waals surface area contributed by atoms with Crippen molar-refractivity contribution in [3.8, 4) is 0 Å². The molecule has 0 bridgehead atoms. The Morgan fingerprint density at radius 2 is 1.75 bits per heavy atom. The molecule has 0 unspecified atom stereocenters. The highest BCUT2D eigenvalue weighted by atomic mass is 31.2. The van der Waals surface area contributed by atoms with Gasteiger partial charge in [-0.2, -0.15) is 0 Å². The molecule has 6 heteroatoms. The lowest BCUT2D eigenvalue weighted by Crippen LogP contribution is -2.41. The minimum Gasteiger partial charge on any atom is -0.326 e. The lowest BCUT2D eigenvalue weighted by Gasteiger charge is -2.21. The molecule has 6 N–H and O–H groups in total. The van der Waals surface area contributed by atoms with Crippen LogP contribution in [-0.4, -0.2) is 21.6 Å². The molecule has 0 aliphatic heterocycles. The molecule has 0 saturated carbocycles. The van der Waals surface area contributed by atoms with Crippen molar-refractivity contribution < 1.29 is 14.4 Å². The first-order chi connectivity index (χ1) is 5.25. The first kappa shape index (κ1) is 12.1. The predicted molar refractivity (Wildman–Crippen MR) is 47.4 cm³/mol. The van der Waals surface area contributed by atoms with E-state index in [9.17, 15) is 4.57 Å². The normalized spacial score (nSPS) is 17.9.